The molecule has 0 radical (unpaired) electrons. The van der Waals surface area contributed by atoms with Gasteiger partial charge in [-0.25, -0.2) is 4.79 Å². The molecule has 1 aromatic heterocycles. The Kier molecular flexibility index (Phi) is 5.11. The van der Waals surface area contributed by atoms with Crippen molar-refractivity contribution in [3.05, 3.63) is 29.5 Å². The lowest BCUT2D eigenvalue weighted by molar-refractivity contribution is 0.0520. The molecule has 1 heterocycles. The van der Waals surface area contributed by atoms with Crippen LogP contribution >= 0.6 is 0 Å². The van der Waals surface area contributed by atoms with E-state index in [1.165, 1.54) is 0 Å². The fraction of sp³-hybridized carbons (Fsp3) is 0.400. The van der Waals surface area contributed by atoms with Crippen LogP contribution in [0, 0.1) is 0 Å². The third-order valence-corrected chi connectivity index (χ3v) is 3.06. The summed E-state index contributed by atoms with van der Waals surface area (Å²) in [5.74, 6) is 0.301. The number of nitrogens with one attached hydrogen (secondary N) is 1. The Morgan fingerprint density at radius 1 is 1.32 bits per heavy atom. The van der Waals surface area contributed by atoms with E-state index in [-0.39, 0.29) is 5.69 Å². The number of hydrogen-bond acceptors (Lipinski definition) is 6. The van der Waals surface area contributed by atoms with Crippen LogP contribution in [0.4, 0.5) is 0 Å². The predicted octanol–water partition coefficient (Wildman–Crippen LogP) is 1.72. The summed E-state index contributed by atoms with van der Waals surface area (Å²) in [4.78, 5) is 13.9. The number of rotatable bonds is 6. The van der Waals surface area contributed by atoms with Crippen LogP contribution in [0.15, 0.2) is 18.2 Å². The molecule has 0 spiro atoms. The molecule has 0 bridgehead atoms. The van der Waals surface area contributed by atoms with Crippen molar-refractivity contribution < 1.29 is 14.3 Å². The van der Waals surface area contributed by atoms with Crippen molar-refractivity contribution in [3.63, 3.8) is 0 Å². The summed E-state index contributed by atoms with van der Waals surface area (Å²) in [6, 6.07) is 5.65. The maximum Gasteiger partial charge on any atom is 0.361 e. The zero-order valence-electron chi connectivity index (χ0n) is 13.2. The minimum absolute atomic E-state index is 0.183. The first-order valence-corrected chi connectivity index (χ1v) is 6.96. The van der Waals surface area contributed by atoms with Gasteiger partial charge >= 0.3 is 5.97 Å². The number of esters is 1. The Morgan fingerprint density at radius 3 is 2.73 bits per heavy atom. The number of carbonyl (C=O) groups is 1. The molecule has 0 aliphatic rings. The van der Waals surface area contributed by atoms with Gasteiger partial charge in [-0.15, -0.1) is 5.10 Å². The van der Waals surface area contributed by atoms with Crippen molar-refractivity contribution in [3.8, 4) is 17.0 Å². The van der Waals surface area contributed by atoms with Gasteiger partial charge < -0.3 is 14.4 Å². The van der Waals surface area contributed by atoms with E-state index in [0.717, 1.165) is 16.9 Å². The van der Waals surface area contributed by atoms with E-state index < -0.39 is 5.97 Å². The van der Waals surface area contributed by atoms with Crippen LogP contribution in [0.1, 0.15) is 23.0 Å². The molecule has 0 amide bonds. The number of benzene rings is 1. The Balaban J connectivity index is 2.41. The maximum absolute atomic E-state index is 11.9. The van der Waals surface area contributed by atoms with Crippen molar-refractivity contribution in [2.45, 2.75) is 13.5 Å². The zero-order chi connectivity index (χ0) is 16.1. The smallest absolute Gasteiger partial charge is 0.361 e. The molecule has 22 heavy (non-hydrogen) atoms. The zero-order valence-corrected chi connectivity index (χ0v) is 13.2. The molecule has 2 rings (SSSR count). The van der Waals surface area contributed by atoms with Gasteiger partial charge in [0.05, 0.1) is 13.7 Å². The molecule has 0 aliphatic carbocycles. The highest BCUT2D eigenvalue weighted by molar-refractivity contribution is 5.94. The van der Waals surface area contributed by atoms with Crippen LogP contribution in [0.3, 0.4) is 0 Å². The van der Waals surface area contributed by atoms with E-state index >= 15 is 0 Å². The van der Waals surface area contributed by atoms with Crippen molar-refractivity contribution in [2.75, 3.05) is 27.8 Å². The summed E-state index contributed by atoms with van der Waals surface area (Å²) in [6.45, 7) is 2.75. The second-order valence-electron chi connectivity index (χ2n) is 5.01. The van der Waals surface area contributed by atoms with E-state index in [1.807, 2.05) is 37.2 Å². The predicted molar refractivity (Wildman–Crippen MR) is 81.7 cm³/mol. The SMILES string of the molecule is CCOC(=O)c1n[nH]nc1-c1ccc(OC)c(CN(C)C)c1. The second-order valence-corrected chi connectivity index (χ2v) is 5.01. The van der Waals surface area contributed by atoms with Crippen LogP contribution in [0.5, 0.6) is 5.75 Å². The number of hydrogen-bond donors (Lipinski definition) is 1. The molecular weight excluding hydrogens is 284 g/mol. The highest BCUT2D eigenvalue weighted by Crippen LogP contribution is 2.27. The van der Waals surface area contributed by atoms with Gasteiger partial charge in [-0.1, -0.05) is 0 Å². The summed E-state index contributed by atoms with van der Waals surface area (Å²) in [7, 11) is 5.59. The monoisotopic (exact) mass is 304 g/mol. The van der Waals surface area contributed by atoms with Crippen molar-refractivity contribution in [1.82, 2.24) is 20.3 Å². The molecule has 1 N–H and O–H groups in total. The lowest BCUT2D eigenvalue weighted by atomic mass is 10.1. The van der Waals surface area contributed by atoms with E-state index in [9.17, 15) is 4.79 Å². The number of aromatic amines is 1. The molecule has 0 aliphatic heterocycles. The van der Waals surface area contributed by atoms with Gasteiger partial charge in [-0.05, 0) is 39.2 Å². The molecule has 0 atom stereocenters. The standard InChI is InChI=1S/C15H20N4O3/c1-5-22-15(20)14-13(16-18-17-14)10-6-7-12(21-4)11(8-10)9-19(2)3/h6-8H,5,9H2,1-4H3,(H,16,17,18). The first-order chi connectivity index (χ1) is 10.6. The van der Waals surface area contributed by atoms with Gasteiger partial charge in [0.15, 0.2) is 5.69 Å². The molecule has 7 heteroatoms. The van der Waals surface area contributed by atoms with Crippen molar-refractivity contribution in [2.24, 2.45) is 0 Å². The van der Waals surface area contributed by atoms with Crippen LogP contribution in [0.2, 0.25) is 0 Å². The molecule has 0 saturated carbocycles. The fourth-order valence-electron chi connectivity index (χ4n) is 2.16. The third-order valence-electron chi connectivity index (χ3n) is 3.06. The average molecular weight is 304 g/mol. The van der Waals surface area contributed by atoms with Crippen LogP contribution in [0.25, 0.3) is 11.3 Å². The molecule has 1 aromatic carbocycles. The molecule has 2 aromatic rings. The normalized spacial score (nSPS) is 10.8. The van der Waals surface area contributed by atoms with Crippen molar-refractivity contribution >= 4 is 5.97 Å². The van der Waals surface area contributed by atoms with Crippen LogP contribution in [-0.2, 0) is 11.3 Å². The van der Waals surface area contributed by atoms with Gasteiger partial charge in [0.2, 0.25) is 0 Å². The first kappa shape index (κ1) is 16.0. The number of aromatic nitrogens is 3. The minimum Gasteiger partial charge on any atom is -0.496 e. The van der Waals surface area contributed by atoms with Gasteiger partial charge in [-0.2, -0.15) is 10.3 Å². The second kappa shape index (κ2) is 7.04. The average Bonchev–Trinajstić information content (AvgIpc) is 2.96. The number of H-pyrrole nitrogens is 1. The number of methoxy groups -OCH3 is 1. The molecular formula is C15H20N4O3. The van der Waals surface area contributed by atoms with Crippen LogP contribution in [-0.4, -0.2) is 54.1 Å². The summed E-state index contributed by atoms with van der Waals surface area (Å²) in [6.07, 6.45) is 0. The largest absolute Gasteiger partial charge is 0.496 e. The van der Waals surface area contributed by atoms with Crippen LogP contribution < -0.4 is 4.74 Å². The molecule has 118 valence electrons. The third kappa shape index (κ3) is 3.43. The summed E-state index contributed by atoms with van der Waals surface area (Å²) >= 11 is 0. The van der Waals surface area contributed by atoms with Crippen molar-refractivity contribution in [1.29, 1.82) is 0 Å². The molecule has 0 fully saturated rings. The highest BCUT2D eigenvalue weighted by atomic mass is 16.5. The molecule has 0 saturated heterocycles. The Hall–Kier alpha value is -2.41. The number of carbonyl (C=O) groups excluding carboxylic acids is 1. The van der Waals surface area contributed by atoms with Gasteiger partial charge in [0.25, 0.3) is 0 Å². The van der Waals surface area contributed by atoms with E-state index in [0.29, 0.717) is 18.8 Å². The van der Waals surface area contributed by atoms with Gasteiger partial charge in [0.1, 0.15) is 11.4 Å². The Bertz CT molecular complexity index is 652. The minimum atomic E-state index is -0.490. The van der Waals surface area contributed by atoms with Gasteiger partial charge in [-0.3, -0.25) is 0 Å². The highest BCUT2D eigenvalue weighted by Gasteiger charge is 2.20. The topological polar surface area (TPSA) is 80.3 Å². The lowest BCUT2D eigenvalue weighted by Gasteiger charge is -2.14. The summed E-state index contributed by atoms with van der Waals surface area (Å²) in [5, 5.41) is 10.4. The van der Waals surface area contributed by atoms with E-state index in [1.54, 1.807) is 14.0 Å². The summed E-state index contributed by atoms with van der Waals surface area (Å²) < 4.78 is 10.4. The lowest BCUT2D eigenvalue weighted by Crippen LogP contribution is -2.12. The Morgan fingerprint density at radius 2 is 2.09 bits per heavy atom. The summed E-state index contributed by atoms with van der Waals surface area (Å²) in [5.41, 5.74) is 2.45. The molecule has 7 nitrogen and oxygen atoms in total. The van der Waals surface area contributed by atoms with E-state index in [2.05, 4.69) is 15.4 Å². The van der Waals surface area contributed by atoms with E-state index in [4.69, 9.17) is 9.47 Å². The Labute approximate surface area is 129 Å². The molecule has 0 unspecified atom stereocenters. The first-order valence-electron chi connectivity index (χ1n) is 6.96. The fourth-order valence-corrected chi connectivity index (χ4v) is 2.16. The van der Waals surface area contributed by atoms with Gasteiger partial charge in [0, 0.05) is 17.7 Å². The number of ether oxygens (including phenoxy) is 2. The quantitative estimate of drug-likeness (QED) is 0.818. The maximum atomic E-state index is 11.9. The number of nitrogens with zero attached hydrogens (tertiary/aromatic N) is 3.